The highest BCUT2D eigenvalue weighted by Gasteiger charge is 2.19. The third-order valence-corrected chi connectivity index (χ3v) is 2.91. The van der Waals surface area contributed by atoms with E-state index in [4.69, 9.17) is 0 Å². The Morgan fingerprint density at radius 1 is 1.16 bits per heavy atom. The van der Waals surface area contributed by atoms with Crippen molar-refractivity contribution >= 4 is 27.7 Å². The summed E-state index contributed by atoms with van der Waals surface area (Å²) in [5.41, 5.74) is -0.601. The van der Waals surface area contributed by atoms with Crippen molar-refractivity contribution in [1.82, 2.24) is 4.98 Å². The summed E-state index contributed by atoms with van der Waals surface area (Å²) in [6.07, 6.45) is 1.42. The summed E-state index contributed by atoms with van der Waals surface area (Å²) in [6.45, 7) is 0. The lowest BCUT2D eigenvalue weighted by Gasteiger charge is -2.07. The van der Waals surface area contributed by atoms with Crippen LogP contribution in [0.15, 0.2) is 34.9 Å². The molecule has 1 aromatic heterocycles. The van der Waals surface area contributed by atoms with Crippen molar-refractivity contribution in [3.05, 3.63) is 58.0 Å². The summed E-state index contributed by atoms with van der Waals surface area (Å²) in [7, 11) is 0. The Kier molecular flexibility index (Phi) is 3.84. The number of rotatable bonds is 2. The lowest BCUT2D eigenvalue weighted by atomic mass is 10.2. The number of anilines is 1. The molecule has 0 atom stereocenters. The van der Waals surface area contributed by atoms with Gasteiger partial charge in [0.25, 0.3) is 5.91 Å². The second-order valence-corrected chi connectivity index (χ2v) is 4.37. The van der Waals surface area contributed by atoms with Crippen LogP contribution < -0.4 is 5.32 Å². The SMILES string of the molecule is O=C(Nc1ncccc1Br)c1ccc(F)c(F)c1F. The molecule has 0 saturated carbocycles. The van der Waals surface area contributed by atoms with Crippen molar-refractivity contribution in [3.63, 3.8) is 0 Å². The first-order valence-electron chi connectivity index (χ1n) is 5.06. The predicted octanol–water partition coefficient (Wildman–Crippen LogP) is 3.51. The summed E-state index contributed by atoms with van der Waals surface area (Å²) in [5.74, 6) is -5.35. The quantitative estimate of drug-likeness (QED) is 0.856. The smallest absolute Gasteiger partial charge is 0.259 e. The van der Waals surface area contributed by atoms with Gasteiger partial charge in [-0.2, -0.15) is 0 Å². The zero-order chi connectivity index (χ0) is 14.0. The molecule has 1 N–H and O–H groups in total. The molecule has 2 aromatic rings. The molecule has 1 heterocycles. The molecule has 3 nitrogen and oxygen atoms in total. The Balaban J connectivity index is 2.31. The number of nitrogens with zero attached hydrogens (tertiary/aromatic N) is 1. The van der Waals surface area contributed by atoms with E-state index in [9.17, 15) is 18.0 Å². The molecule has 19 heavy (non-hydrogen) atoms. The fourth-order valence-electron chi connectivity index (χ4n) is 1.35. The number of pyridine rings is 1. The van der Waals surface area contributed by atoms with E-state index in [0.717, 1.165) is 6.07 Å². The molecule has 1 aromatic carbocycles. The van der Waals surface area contributed by atoms with Gasteiger partial charge in [-0.1, -0.05) is 0 Å². The average Bonchev–Trinajstić information content (AvgIpc) is 2.39. The van der Waals surface area contributed by atoms with Gasteiger partial charge in [-0.15, -0.1) is 0 Å². The molecule has 0 spiro atoms. The molecule has 2 rings (SSSR count). The van der Waals surface area contributed by atoms with Crippen LogP contribution in [0.2, 0.25) is 0 Å². The molecule has 0 bridgehead atoms. The van der Waals surface area contributed by atoms with Crippen LogP contribution in [0.3, 0.4) is 0 Å². The van der Waals surface area contributed by atoms with Crippen LogP contribution in [-0.4, -0.2) is 10.9 Å². The Labute approximate surface area is 114 Å². The number of aromatic nitrogens is 1. The van der Waals surface area contributed by atoms with Gasteiger partial charge in [0.2, 0.25) is 0 Å². The van der Waals surface area contributed by atoms with Crippen LogP contribution in [-0.2, 0) is 0 Å². The third kappa shape index (κ3) is 2.76. The maximum Gasteiger partial charge on any atom is 0.259 e. The van der Waals surface area contributed by atoms with E-state index in [2.05, 4.69) is 26.2 Å². The van der Waals surface area contributed by atoms with Gasteiger partial charge in [-0.05, 0) is 40.2 Å². The molecule has 98 valence electrons. The van der Waals surface area contributed by atoms with Crippen LogP contribution in [0.4, 0.5) is 19.0 Å². The highest BCUT2D eigenvalue weighted by Crippen LogP contribution is 2.21. The number of carbonyl (C=O) groups excluding carboxylic acids is 1. The summed E-state index contributed by atoms with van der Waals surface area (Å²) in [4.78, 5) is 15.6. The van der Waals surface area contributed by atoms with Crippen molar-refractivity contribution in [1.29, 1.82) is 0 Å². The molecule has 0 fully saturated rings. The van der Waals surface area contributed by atoms with Crippen LogP contribution >= 0.6 is 15.9 Å². The van der Waals surface area contributed by atoms with Gasteiger partial charge in [0.1, 0.15) is 5.82 Å². The van der Waals surface area contributed by atoms with E-state index >= 15 is 0 Å². The van der Waals surface area contributed by atoms with Gasteiger partial charge in [-0.25, -0.2) is 18.2 Å². The number of hydrogen-bond acceptors (Lipinski definition) is 2. The Hall–Kier alpha value is -1.89. The molecule has 0 aliphatic carbocycles. The minimum atomic E-state index is -1.69. The minimum Gasteiger partial charge on any atom is -0.306 e. The molecular formula is C12H6BrF3N2O. The topological polar surface area (TPSA) is 42.0 Å². The largest absolute Gasteiger partial charge is 0.306 e. The van der Waals surface area contributed by atoms with Crippen LogP contribution in [0.1, 0.15) is 10.4 Å². The van der Waals surface area contributed by atoms with E-state index in [1.54, 1.807) is 12.1 Å². The predicted molar refractivity (Wildman–Crippen MR) is 66.2 cm³/mol. The summed E-state index contributed by atoms with van der Waals surface area (Å²) >= 11 is 3.14. The van der Waals surface area contributed by atoms with Crippen molar-refractivity contribution in [2.75, 3.05) is 5.32 Å². The molecule has 0 aliphatic rings. The lowest BCUT2D eigenvalue weighted by molar-refractivity contribution is 0.102. The van der Waals surface area contributed by atoms with E-state index in [1.165, 1.54) is 6.20 Å². The molecule has 7 heteroatoms. The fourth-order valence-corrected chi connectivity index (χ4v) is 1.71. The molecule has 1 amide bonds. The molecule has 0 radical (unpaired) electrons. The van der Waals surface area contributed by atoms with E-state index in [-0.39, 0.29) is 5.82 Å². The van der Waals surface area contributed by atoms with E-state index in [1.807, 2.05) is 0 Å². The van der Waals surface area contributed by atoms with Crippen LogP contribution in [0.25, 0.3) is 0 Å². The van der Waals surface area contributed by atoms with Gasteiger partial charge < -0.3 is 5.32 Å². The van der Waals surface area contributed by atoms with Crippen molar-refractivity contribution < 1.29 is 18.0 Å². The standard InChI is InChI=1S/C12H6BrF3N2O/c13-7-2-1-5-17-11(7)18-12(19)6-3-4-8(14)10(16)9(6)15/h1-5H,(H,17,18,19). The normalized spacial score (nSPS) is 10.3. The number of benzene rings is 1. The monoisotopic (exact) mass is 330 g/mol. The zero-order valence-corrected chi connectivity index (χ0v) is 10.8. The third-order valence-electron chi connectivity index (χ3n) is 2.27. The number of carbonyl (C=O) groups is 1. The van der Waals surface area contributed by atoms with E-state index < -0.39 is 28.9 Å². The van der Waals surface area contributed by atoms with Gasteiger partial charge in [0.15, 0.2) is 17.5 Å². The minimum absolute atomic E-state index is 0.150. The highest BCUT2D eigenvalue weighted by atomic mass is 79.9. The first-order valence-corrected chi connectivity index (χ1v) is 5.85. The van der Waals surface area contributed by atoms with Gasteiger partial charge in [0, 0.05) is 6.20 Å². The average molecular weight is 331 g/mol. The second-order valence-electron chi connectivity index (χ2n) is 3.51. The maximum atomic E-state index is 13.4. The van der Waals surface area contributed by atoms with Crippen molar-refractivity contribution in [2.45, 2.75) is 0 Å². The summed E-state index contributed by atoms with van der Waals surface area (Å²) in [6, 6.07) is 4.78. The maximum absolute atomic E-state index is 13.4. The van der Waals surface area contributed by atoms with Crippen molar-refractivity contribution in [3.8, 4) is 0 Å². The number of hydrogen-bond donors (Lipinski definition) is 1. The molecular weight excluding hydrogens is 325 g/mol. The summed E-state index contributed by atoms with van der Waals surface area (Å²) in [5, 5.41) is 2.29. The van der Waals surface area contributed by atoms with Gasteiger partial charge in [0.05, 0.1) is 10.0 Å². The number of halogens is 4. The Morgan fingerprint density at radius 3 is 2.58 bits per heavy atom. The lowest BCUT2D eigenvalue weighted by Crippen LogP contribution is -2.16. The van der Waals surface area contributed by atoms with E-state index in [0.29, 0.717) is 10.5 Å². The first kappa shape index (κ1) is 13.5. The Morgan fingerprint density at radius 2 is 1.89 bits per heavy atom. The highest BCUT2D eigenvalue weighted by molar-refractivity contribution is 9.10. The fraction of sp³-hybridized carbons (Fsp3) is 0. The summed E-state index contributed by atoms with van der Waals surface area (Å²) < 4.78 is 39.6. The van der Waals surface area contributed by atoms with Gasteiger partial charge in [-0.3, -0.25) is 4.79 Å². The zero-order valence-electron chi connectivity index (χ0n) is 9.25. The molecule has 0 unspecified atom stereocenters. The van der Waals surface area contributed by atoms with Crippen LogP contribution in [0, 0.1) is 17.5 Å². The van der Waals surface area contributed by atoms with Gasteiger partial charge >= 0.3 is 0 Å². The first-order chi connectivity index (χ1) is 9.00. The Bertz CT molecular complexity index is 649. The van der Waals surface area contributed by atoms with Crippen molar-refractivity contribution in [2.24, 2.45) is 0 Å². The van der Waals surface area contributed by atoms with Crippen LogP contribution in [0.5, 0.6) is 0 Å². The molecule has 0 aliphatic heterocycles. The molecule has 0 saturated heterocycles. The second kappa shape index (κ2) is 5.40. The number of nitrogens with one attached hydrogen (secondary N) is 1. The number of amides is 1.